The molecule has 0 spiro atoms. The van der Waals surface area contributed by atoms with E-state index < -0.39 is 10.0 Å². The first-order valence-electron chi connectivity index (χ1n) is 7.25. The Labute approximate surface area is 141 Å². The SMILES string of the molecule is Cc1cc(Cl)cc(C(=O)N[C@H]2COC[C@H]2CS(=O)(=O)N(C)C)c1. The minimum atomic E-state index is -3.35. The molecule has 1 heterocycles. The quantitative estimate of drug-likeness (QED) is 0.858. The molecule has 1 saturated heterocycles. The Hall–Kier alpha value is -1.15. The van der Waals surface area contributed by atoms with E-state index in [1.807, 2.05) is 6.92 Å². The number of carbonyl (C=O) groups is 1. The fourth-order valence-electron chi connectivity index (χ4n) is 2.46. The Balaban J connectivity index is 2.07. The topological polar surface area (TPSA) is 75.7 Å². The van der Waals surface area contributed by atoms with Crippen LogP contribution in [0.15, 0.2) is 18.2 Å². The average molecular weight is 361 g/mol. The molecule has 23 heavy (non-hydrogen) atoms. The van der Waals surface area contributed by atoms with E-state index in [4.69, 9.17) is 16.3 Å². The Morgan fingerprint density at radius 1 is 1.35 bits per heavy atom. The molecule has 1 aliphatic heterocycles. The van der Waals surface area contributed by atoms with Gasteiger partial charge in [0.15, 0.2) is 0 Å². The van der Waals surface area contributed by atoms with Crippen LogP contribution >= 0.6 is 11.6 Å². The lowest BCUT2D eigenvalue weighted by atomic mass is 10.1. The molecule has 1 amide bonds. The van der Waals surface area contributed by atoms with Crippen molar-refractivity contribution >= 4 is 27.5 Å². The van der Waals surface area contributed by atoms with Crippen molar-refractivity contribution in [3.63, 3.8) is 0 Å². The van der Waals surface area contributed by atoms with E-state index in [0.29, 0.717) is 23.8 Å². The predicted octanol–water partition coefficient (Wildman–Crippen LogP) is 1.28. The van der Waals surface area contributed by atoms with E-state index in [2.05, 4.69) is 5.32 Å². The lowest BCUT2D eigenvalue weighted by molar-refractivity contribution is 0.0926. The van der Waals surface area contributed by atoms with Gasteiger partial charge in [-0.05, 0) is 30.7 Å². The zero-order valence-corrected chi connectivity index (χ0v) is 14.9. The van der Waals surface area contributed by atoms with Crippen molar-refractivity contribution in [1.29, 1.82) is 0 Å². The monoisotopic (exact) mass is 360 g/mol. The van der Waals surface area contributed by atoms with Crippen LogP contribution in [0, 0.1) is 12.8 Å². The highest BCUT2D eigenvalue weighted by Gasteiger charge is 2.34. The van der Waals surface area contributed by atoms with Crippen LogP contribution in [0.1, 0.15) is 15.9 Å². The molecule has 0 bridgehead atoms. The van der Waals surface area contributed by atoms with Crippen molar-refractivity contribution in [3.05, 3.63) is 34.3 Å². The standard InChI is InChI=1S/C15H21ClN2O4S/c1-10-4-11(6-13(16)5-10)15(19)17-14-8-22-7-12(14)9-23(20,21)18(2)3/h4-6,12,14H,7-9H2,1-3H3,(H,17,19)/t12-,14-/m0/s1. The van der Waals surface area contributed by atoms with Gasteiger partial charge in [-0.25, -0.2) is 12.7 Å². The number of sulfonamides is 1. The first kappa shape index (κ1) is 18.2. The summed E-state index contributed by atoms with van der Waals surface area (Å²) in [6.07, 6.45) is 0. The Kier molecular flexibility index (Phi) is 5.67. The van der Waals surface area contributed by atoms with Crippen molar-refractivity contribution in [2.45, 2.75) is 13.0 Å². The third-order valence-corrected chi connectivity index (χ3v) is 5.98. The molecular formula is C15H21ClN2O4S. The second-order valence-corrected chi connectivity index (χ2v) is 8.62. The number of amides is 1. The molecule has 6 nitrogen and oxygen atoms in total. The largest absolute Gasteiger partial charge is 0.379 e. The molecule has 1 fully saturated rings. The molecule has 2 rings (SSSR count). The van der Waals surface area contributed by atoms with Crippen LogP contribution in [0.25, 0.3) is 0 Å². The number of nitrogens with zero attached hydrogens (tertiary/aromatic N) is 1. The summed E-state index contributed by atoms with van der Waals surface area (Å²) >= 11 is 5.97. The molecule has 1 aliphatic rings. The molecule has 128 valence electrons. The summed E-state index contributed by atoms with van der Waals surface area (Å²) in [6, 6.07) is 4.76. The van der Waals surface area contributed by atoms with Gasteiger partial charge in [0.05, 0.1) is 25.0 Å². The van der Waals surface area contributed by atoms with Gasteiger partial charge in [-0.15, -0.1) is 0 Å². The van der Waals surface area contributed by atoms with Crippen molar-refractivity contribution in [2.24, 2.45) is 5.92 Å². The summed E-state index contributed by atoms with van der Waals surface area (Å²) in [5.74, 6) is -0.607. The van der Waals surface area contributed by atoms with E-state index in [9.17, 15) is 13.2 Å². The third kappa shape index (κ3) is 4.67. The van der Waals surface area contributed by atoms with E-state index in [0.717, 1.165) is 5.56 Å². The number of hydrogen-bond donors (Lipinski definition) is 1. The summed E-state index contributed by atoms with van der Waals surface area (Å²) in [7, 11) is -0.360. The fraction of sp³-hybridized carbons (Fsp3) is 0.533. The first-order valence-corrected chi connectivity index (χ1v) is 9.24. The molecule has 2 atom stereocenters. The lowest BCUT2D eigenvalue weighted by Crippen LogP contribution is -2.43. The summed E-state index contributed by atoms with van der Waals surface area (Å²) in [6.45, 7) is 2.47. The second-order valence-electron chi connectivity index (χ2n) is 5.96. The van der Waals surface area contributed by atoms with E-state index in [1.165, 1.54) is 18.4 Å². The number of aryl methyl sites for hydroxylation is 1. The van der Waals surface area contributed by atoms with Crippen LogP contribution in [-0.2, 0) is 14.8 Å². The van der Waals surface area contributed by atoms with Crippen molar-refractivity contribution in [3.8, 4) is 0 Å². The highest BCUT2D eigenvalue weighted by Crippen LogP contribution is 2.19. The molecule has 0 radical (unpaired) electrons. The lowest BCUT2D eigenvalue weighted by Gasteiger charge is -2.21. The number of benzene rings is 1. The number of hydrogen-bond acceptors (Lipinski definition) is 4. The van der Waals surface area contributed by atoms with Crippen molar-refractivity contribution < 1.29 is 17.9 Å². The maximum atomic E-state index is 12.4. The van der Waals surface area contributed by atoms with Gasteiger partial charge >= 0.3 is 0 Å². The zero-order valence-electron chi connectivity index (χ0n) is 13.4. The number of halogens is 1. The molecule has 1 aromatic carbocycles. The maximum absolute atomic E-state index is 12.4. The average Bonchev–Trinajstić information content (AvgIpc) is 2.84. The number of rotatable bonds is 5. The third-order valence-electron chi connectivity index (χ3n) is 3.80. The summed E-state index contributed by atoms with van der Waals surface area (Å²) in [5, 5.41) is 3.35. The number of ether oxygens (including phenoxy) is 1. The zero-order chi connectivity index (χ0) is 17.2. The first-order chi connectivity index (χ1) is 10.7. The van der Waals surface area contributed by atoms with Crippen molar-refractivity contribution in [2.75, 3.05) is 33.1 Å². The van der Waals surface area contributed by atoms with Crippen LogP contribution in [0.5, 0.6) is 0 Å². The predicted molar refractivity (Wildman–Crippen MR) is 89.2 cm³/mol. The van der Waals surface area contributed by atoms with Crippen LogP contribution in [-0.4, -0.2) is 57.7 Å². The van der Waals surface area contributed by atoms with Gasteiger partial charge in [0, 0.05) is 30.6 Å². The number of carbonyl (C=O) groups excluding carboxylic acids is 1. The minimum Gasteiger partial charge on any atom is -0.379 e. The molecular weight excluding hydrogens is 340 g/mol. The van der Waals surface area contributed by atoms with Gasteiger partial charge in [0.25, 0.3) is 5.91 Å². The van der Waals surface area contributed by atoms with Crippen molar-refractivity contribution in [1.82, 2.24) is 9.62 Å². The Bertz CT molecular complexity index is 670. The highest BCUT2D eigenvalue weighted by atomic mass is 35.5. The summed E-state index contributed by atoms with van der Waals surface area (Å²) in [5.41, 5.74) is 1.34. The minimum absolute atomic E-state index is 0.0560. The van der Waals surface area contributed by atoms with Crippen LogP contribution in [0.2, 0.25) is 5.02 Å². The molecule has 0 unspecified atom stereocenters. The van der Waals surface area contributed by atoms with Gasteiger partial charge in [-0.1, -0.05) is 11.6 Å². The van der Waals surface area contributed by atoms with Gasteiger partial charge in [0.1, 0.15) is 0 Å². The molecule has 0 aromatic heterocycles. The molecule has 8 heteroatoms. The Morgan fingerprint density at radius 3 is 2.65 bits per heavy atom. The van der Waals surface area contributed by atoms with Gasteiger partial charge < -0.3 is 10.1 Å². The second kappa shape index (κ2) is 7.17. The van der Waals surface area contributed by atoms with E-state index in [-0.39, 0.29) is 23.6 Å². The molecule has 0 aliphatic carbocycles. The maximum Gasteiger partial charge on any atom is 0.251 e. The molecule has 1 aromatic rings. The van der Waals surface area contributed by atoms with Gasteiger partial charge in [-0.3, -0.25) is 4.79 Å². The van der Waals surface area contributed by atoms with Gasteiger partial charge in [0.2, 0.25) is 10.0 Å². The normalized spacial score (nSPS) is 21.6. The highest BCUT2D eigenvalue weighted by molar-refractivity contribution is 7.89. The van der Waals surface area contributed by atoms with E-state index in [1.54, 1.807) is 18.2 Å². The molecule has 1 N–H and O–H groups in total. The fourth-order valence-corrected chi connectivity index (χ4v) is 3.92. The van der Waals surface area contributed by atoms with Crippen LogP contribution in [0.3, 0.4) is 0 Å². The summed E-state index contributed by atoms with van der Waals surface area (Å²) in [4.78, 5) is 12.4. The Morgan fingerprint density at radius 2 is 2.04 bits per heavy atom. The van der Waals surface area contributed by atoms with E-state index >= 15 is 0 Å². The number of nitrogens with one attached hydrogen (secondary N) is 1. The van der Waals surface area contributed by atoms with Crippen LogP contribution in [0.4, 0.5) is 0 Å². The molecule has 0 saturated carbocycles. The smallest absolute Gasteiger partial charge is 0.251 e. The summed E-state index contributed by atoms with van der Waals surface area (Å²) < 4.78 is 30.6. The van der Waals surface area contributed by atoms with Gasteiger partial charge in [-0.2, -0.15) is 0 Å². The van der Waals surface area contributed by atoms with Crippen LogP contribution < -0.4 is 5.32 Å².